The molecule has 1 unspecified atom stereocenters. The van der Waals surface area contributed by atoms with Crippen LogP contribution in [0.4, 0.5) is 0 Å². The molecule has 7 nitrogen and oxygen atoms in total. The zero-order valence-corrected chi connectivity index (χ0v) is 13.9. The first-order chi connectivity index (χ1) is 11.6. The summed E-state index contributed by atoms with van der Waals surface area (Å²) in [6.45, 7) is 3.10. The summed E-state index contributed by atoms with van der Waals surface area (Å²) in [7, 11) is 0. The molecule has 7 heteroatoms. The quantitative estimate of drug-likeness (QED) is 0.897. The Bertz CT molecular complexity index is 727. The number of para-hydroxylation sites is 1. The van der Waals surface area contributed by atoms with Gasteiger partial charge in [-0.2, -0.15) is 0 Å². The maximum Gasteiger partial charge on any atom is 0.244 e. The second-order valence-electron chi connectivity index (χ2n) is 6.24. The van der Waals surface area contributed by atoms with Crippen LogP contribution < -0.4 is 5.32 Å². The summed E-state index contributed by atoms with van der Waals surface area (Å²) in [5.41, 5.74) is 1.67. The van der Waals surface area contributed by atoms with Gasteiger partial charge in [0.15, 0.2) is 0 Å². The molecule has 1 aromatic carbocycles. The minimum Gasteiger partial charge on any atom is -0.356 e. The highest BCUT2D eigenvalue weighted by Crippen LogP contribution is 2.20. The van der Waals surface area contributed by atoms with Crippen LogP contribution in [0.3, 0.4) is 0 Å². The number of hydrogen-bond donors (Lipinski definition) is 1. The zero-order chi connectivity index (χ0) is 16.9. The van der Waals surface area contributed by atoms with E-state index in [0.717, 1.165) is 43.3 Å². The van der Waals surface area contributed by atoms with Crippen molar-refractivity contribution in [2.75, 3.05) is 13.1 Å². The van der Waals surface area contributed by atoms with Crippen LogP contribution in [0.5, 0.6) is 0 Å². The number of aromatic nitrogens is 3. The number of rotatable bonds is 5. The highest BCUT2D eigenvalue weighted by atomic mass is 16.2. The summed E-state index contributed by atoms with van der Waals surface area (Å²) in [5, 5.41) is 11.0. The lowest BCUT2D eigenvalue weighted by molar-refractivity contribution is -0.135. The molecule has 2 amide bonds. The molecule has 0 spiro atoms. The molecule has 1 saturated heterocycles. The Hall–Kier alpha value is -2.44. The zero-order valence-electron chi connectivity index (χ0n) is 13.9. The van der Waals surface area contributed by atoms with Gasteiger partial charge in [-0.3, -0.25) is 9.59 Å². The predicted octanol–water partition coefficient (Wildman–Crippen LogP) is 1.34. The predicted molar refractivity (Wildman–Crippen MR) is 90.2 cm³/mol. The molecule has 0 aliphatic carbocycles. The van der Waals surface area contributed by atoms with E-state index in [4.69, 9.17) is 0 Å². The van der Waals surface area contributed by atoms with Crippen molar-refractivity contribution in [2.24, 2.45) is 0 Å². The molecule has 0 radical (unpaired) electrons. The number of carbonyl (C=O) groups is 2. The lowest BCUT2D eigenvalue weighted by Gasteiger charge is -2.36. The van der Waals surface area contributed by atoms with Crippen molar-refractivity contribution in [3.05, 3.63) is 24.3 Å². The van der Waals surface area contributed by atoms with Crippen LogP contribution in [0.2, 0.25) is 0 Å². The van der Waals surface area contributed by atoms with E-state index in [0.29, 0.717) is 6.54 Å². The van der Waals surface area contributed by atoms with Gasteiger partial charge in [0.05, 0.1) is 5.52 Å². The smallest absolute Gasteiger partial charge is 0.244 e. The van der Waals surface area contributed by atoms with E-state index in [9.17, 15) is 9.59 Å². The molecule has 1 aliphatic heterocycles. The third-order valence-electron chi connectivity index (χ3n) is 4.50. The number of likely N-dealkylation sites (tertiary alicyclic amines) is 1. The summed E-state index contributed by atoms with van der Waals surface area (Å²) < 4.78 is 1.66. The lowest BCUT2D eigenvalue weighted by Crippen LogP contribution is -2.46. The van der Waals surface area contributed by atoms with E-state index in [-0.39, 0.29) is 24.4 Å². The van der Waals surface area contributed by atoms with Crippen LogP contribution in [0.15, 0.2) is 24.3 Å². The lowest BCUT2D eigenvalue weighted by atomic mass is 9.99. The van der Waals surface area contributed by atoms with Crippen molar-refractivity contribution in [3.8, 4) is 0 Å². The molecular weight excluding hydrogens is 306 g/mol. The summed E-state index contributed by atoms with van der Waals surface area (Å²) in [4.78, 5) is 25.7. The van der Waals surface area contributed by atoms with Crippen molar-refractivity contribution in [1.82, 2.24) is 25.2 Å². The topological polar surface area (TPSA) is 80.1 Å². The average molecular weight is 329 g/mol. The van der Waals surface area contributed by atoms with E-state index in [1.54, 1.807) is 4.68 Å². The van der Waals surface area contributed by atoms with Gasteiger partial charge in [-0.15, -0.1) is 5.10 Å². The van der Waals surface area contributed by atoms with Crippen molar-refractivity contribution < 1.29 is 9.59 Å². The largest absolute Gasteiger partial charge is 0.356 e. The standard InChI is InChI=1S/C17H23N5O2/c1-13(23)18-10-9-14-6-4-5-11-21(14)17(24)12-22-16-8-3-2-7-15(16)19-20-22/h2-3,7-8,14H,4-6,9-12H2,1H3,(H,18,23). The monoisotopic (exact) mass is 329 g/mol. The molecule has 24 heavy (non-hydrogen) atoms. The highest BCUT2D eigenvalue weighted by Gasteiger charge is 2.27. The van der Waals surface area contributed by atoms with Gasteiger partial charge in [0.25, 0.3) is 0 Å². The SMILES string of the molecule is CC(=O)NCCC1CCCCN1C(=O)Cn1nnc2ccccc21. The Kier molecular flexibility index (Phi) is 5.08. The molecule has 1 aromatic heterocycles. The summed E-state index contributed by atoms with van der Waals surface area (Å²) in [6, 6.07) is 7.83. The number of piperidine rings is 1. The fourth-order valence-electron chi connectivity index (χ4n) is 3.30. The van der Waals surface area contributed by atoms with Gasteiger partial charge < -0.3 is 10.2 Å². The summed E-state index contributed by atoms with van der Waals surface area (Å²) in [6.07, 6.45) is 3.94. The van der Waals surface area contributed by atoms with Gasteiger partial charge in [-0.25, -0.2) is 4.68 Å². The molecule has 2 heterocycles. The summed E-state index contributed by atoms with van der Waals surface area (Å²) in [5.74, 6) is 0.0379. The van der Waals surface area contributed by atoms with E-state index >= 15 is 0 Å². The molecule has 0 bridgehead atoms. The third-order valence-corrected chi connectivity index (χ3v) is 4.50. The minimum atomic E-state index is -0.0298. The van der Waals surface area contributed by atoms with Crippen LogP contribution in [-0.4, -0.2) is 50.8 Å². The molecule has 0 saturated carbocycles. The molecule has 1 N–H and O–H groups in total. The first kappa shape index (κ1) is 16.4. The fourth-order valence-corrected chi connectivity index (χ4v) is 3.30. The van der Waals surface area contributed by atoms with Crippen LogP contribution in [-0.2, 0) is 16.1 Å². The first-order valence-electron chi connectivity index (χ1n) is 8.47. The van der Waals surface area contributed by atoms with Crippen LogP contribution in [0, 0.1) is 0 Å². The number of fused-ring (bicyclic) bond motifs is 1. The highest BCUT2D eigenvalue weighted by molar-refractivity contribution is 5.80. The molecule has 2 aromatic rings. The normalized spacial score (nSPS) is 17.9. The maximum atomic E-state index is 12.8. The second-order valence-corrected chi connectivity index (χ2v) is 6.24. The van der Waals surface area contributed by atoms with Crippen LogP contribution in [0.1, 0.15) is 32.6 Å². The van der Waals surface area contributed by atoms with E-state index in [1.807, 2.05) is 29.2 Å². The molecule has 128 valence electrons. The summed E-state index contributed by atoms with van der Waals surface area (Å²) >= 11 is 0. The van der Waals surface area contributed by atoms with Crippen LogP contribution >= 0.6 is 0 Å². The molecular formula is C17H23N5O2. The van der Waals surface area contributed by atoms with Gasteiger partial charge in [-0.1, -0.05) is 17.3 Å². The van der Waals surface area contributed by atoms with Crippen molar-refractivity contribution in [2.45, 2.75) is 45.2 Å². The molecule has 1 atom stereocenters. The Balaban J connectivity index is 1.66. The molecule has 1 aliphatic rings. The van der Waals surface area contributed by atoms with Gasteiger partial charge in [-0.05, 0) is 37.8 Å². The van der Waals surface area contributed by atoms with Gasteiger partial charge >= 0.3 is 0 Å². The molecule has 1 fully saturated rings. The molecule has 3 rings (SSSR count). The number of benzene rings is 1. The van der Waals surface area contributed by atoms with Crippen molar-refractivity contribution in [3.63, 3.8) is 0 Å². The number of hydrogen-bond acceptors (Lipinski definition) is 4. The van der Waals surface area contributed by atoms with Gasteiger partial charge in [0, 0.05) is 26.1 Å². The van der Waals surface area contributed by atoms with Crippen molar-refractivity contribution in [1.29, 1.82) is 0 Å². The second kappa shape index (κ2) is 7.42. The van der Waals surface area contributed by atoms with E-state index < -0.39 is 0 Å². The van der Waals surface area contributed by atoms with E-state index in [1.165, 1.54) is 6.92 Å². The van der Waals surface area contributed by atoms with Gasteiger partial charge in [0.1, 0.15) is 12.1 Å². The van der Waals surface area contributed by atoms with Gasteiger partial charge in [0.2, 0.25) is 11.8 Å². The number of nitrogens with one attached hydrogen (secondary N) is 1. The number of carbonyl (C=O) groups excluding carboxylic acids is 2. The average Bonchev–Trinajstić information content (AvgIpc) is 2.98. The fraction of sp³-hybridized carbons (Fsp3) is 0.529. The Morgan fingerprint density at radius 3 is 2.96 bits per heavy atom. The minimum absolute atomic E-state index is 0.0298. The number of nitrogens with zero attached hydrogens (tertiary/aromatic N) is 4. The Labute approximate surface area is 141 Å². The maximum absolute atomic E-state index is 12.8. The number of amides is 2. The van der Waals surface area contributed by atoms with E-state index in [2.05, 4.69) is 15.6 Å². The third kappa shape index (κ3) is 3.72. The first-order valence-corrected chi connectivity index (χ1v) is 8.47. The Morgan fingerprint density at radius 2 is 2.12 bits per heavy atom. The van der Waals surface area contributed by atoms with Crippen molar-refractivity contribution >= 4 is 22.8 Å². The van der Waals surface area contributed by atoms with Crippen LogP contribution in [0.25, 0.3) is 11.0 Å². The Morgan fingerprint density at radius 1 is 1.29 bits per heavy atom.